The topological polar surface area (TPSA) is 97.0 Å². The van der Waals surface area contributed by atoms with Crippen molar-refractivity contribution in [3.8, 4) is 5.75 Å². The van der Waals surface area contributed by atoms with Crippen LogP contribution in [0.15, 0.2) is 48.5 Å². The summed E-state index contributed by atoms with van der Waals surface area (Å²) in [6.07, 6.45) is -0.881. The predicted octanol–water partition coefficient (Wildman–Crippen LogP) is 2.61. The van der Waals surface area contributed by atoms with Crippen LogP contribution >= 0.6 is 0 Å². The number of hydrogen-bond acceptors (Lipinski definition) is 6. The van der Waals surface area contributed by atoms with Gasteiger partial charge in [0.05, 0.1) is 0 Å². The Morgan fingerprint density at radius 2 is 1.68 bits per heavy atom. The third kappa shape index (κ3) is 7.33. The maximum Gasteiger partial charge on any atom is 0.347 e. The summed E-state index contributed by atoms with van der Waals surface area (Å²) in [7, 11) is 0. The average molecular weight is 428 g/mol. The van der Waals surface area contributed by atoms with Crippen LogP contribution < -0.4 is 20.5 Å². The Balaban J connectivity index is 1.75. The fraction of sp³-hybridized carbons (Fsp3) is 0.348. The van der Waals surface area contributed by atoms with Gasteiger partial charge in [-0.05, 0) is 69.7 Å². The van der Waals surface area contributed by atoms with Gasteiger partial charge in [-0.3, -0.25) is 20.4 Å². The van der Waals surface area contributed by atoms with Crippen LogP contribution in [0.2, 0.25) is 0 Å². The van der Waals surface area contributed by atoms with Crippen LogP contribution in [0, 0.1) is 6.92 Å². The van der Waals surface area contributed by atoms with Crippen molar-refractivity contribution in [2.45, 2.75) is 33.8 Å². The molecule has 2 aromatic rings. The first kappa shape index (κ1) is 23.7. The molecule has 0 radical (unpaired) electrons. The minimum atomic E-state index is -0.881. The summed E-state index contributed by atoms with van der Waals surface area (Å²) in [4.78, 5) is 38.2. The van der Waals surface area contributed by atoms with E-state index in [2.05, 4.69) is 29.6 Å². The van der Waals surface area contributed by atoms with E-state index in [-0.39, 0.29) is 0 Å². The zero-order valence-corrected chi connectivity index (χ0v) is 18.3. The van der Waals surface area contributed by atoms with Crippen LogP contribution in [0.25, 0.3) is 0 Å². The molecule has 0 aliphatic rings. The fourth-order valence-electron chi connectivity index (χ4n) is 2.84. The number of aryl methyl sites for hydroxylation is 1. The molecule has 0 spiro atoms. The number of esters is 1. The molecule has 0 saturated carbocycles. The van der Waals surface area contributed by atoms with Gasteiger partial charge in [0.15, 0.2) is 12.7 Å². The standard InChI is InChI=1S/C23H29N3O5/c1-5-26(6-2)19-12-10-18(11-13-19)22(28)25-24-21(27)15-30-23(29)17(4)31-20-9-7-8-16(3)14-20/h7-14,17H,5-6,15H2,1-4H3,(H,24,27)(H,25,28)/t17-/m1/s1. The molecule has 8 heteroatoms. The quantitative estimate of drug-likeness (QED) is 0.472. The molecule has 2 N–H and O–H groups in total. The molecule has 2 aromatic carbocycles. The summed E-state index contributed by atoms with van der Waals surface area (Å²) < 4.78 is 10.4. The molecule has 0 aliphatic carbocycles. The number of amides is 2. The van der Waals surface area contributed by atoms with E-state index in [9.17, 15) is 14.4 Å². The zero-order chi connectivity index (χ0) is 22.8. The van der Waals surface area contributed by atoms with E-state index in [1.165, 1.54) is 6.92 Å². The highest BCUT2D eigenvalue weighted by Crippen LogP contribution is 2.15. The van der Waals surface area contributed by atoms with Crippen molar-refractivity contribution >= 4 is 23.5 Å². The third-order valence-corrected chi connectivity index (χ3v) is 4.55. The molecular weight excluding hydrogens is 398 g/mol. The number of nitrogens with one attached hydrogen (secondary N) is 2. The highest BCUT2D eigenvalue weighted by atomic mass is 16.6. The number of anilines is 1. The summed E-state index contributed by atoms with van der Waals surface area (Å²) in [5.41, 5.74) is 6.93. The summed E-state index contributed by atoms with van der Waals surface area (Å²) in [6.45, 7) is 8.75. The van der Waals surface area contributed by atoms with Gasteiger partial charge in [0.1, 0.15) is 5.75 Å². The van der Waals surface area contributed by atoms with E-state index >= 15 is 0 Å². The molecule has 0 unspecified atom stereocenters. The third-order valence-electron chi connectivity index (χ3n) is 4.55. The predicted molar refractivity (Wildman–Crippen MR) is 118 cm³/mol. The Morgan fingerprint density at radius 1 is 1.00 bits per heavy atom. The van der Waals surface area contributed by atoms with Gasteiger partial charge in [-0.1, -0.05) is 12.1 Å². The number of hydrogen-bond donors (Lipinski definition) is 2. The Labute approximate surface area is 182 Å². The zero-order valence-electron chi connectivity index (χ0n) is 18.3. The summed E-state index contributed by atoms with van der Waals surface area (Å²) >= 11 is 0. The average Bonchev–Trinajstić information content (AvgIpc) is 2.77. The van der Waals surface area contributed by atoms with Crippen molar-refractivity contribution in [1.29, 1.82) is 0 Å². The van der Waals surface area contributed by atoms with E-state index in [0.29, 0.717) is 11.3 Å². The number of ether oxygens (including phenoxy) is 2. The highest BCUT2D eigenvalue weighted by molar-refractivity contribution is 5.95. The number of carbonyl (C=O) groups excluding carboxylic acids is 3. The fourth-order valence-corrected chi connectivity index (χ4v) is 2.84. The van der Waals surface area contributed by atoms with Gasteiger partial charge in [-0.25, -0.2) is 4.79 Å². The van der Waals surface area contributed by atoms with Crippen molar-refractivity contribution in [1.82, 2.24) is 10.9 Å². The number of carbonyl (C=O) groups is 3. The van der Waals surface area contributed by atoms with Gasteiger partial charge in [-0.15, -0.1) is 0 Å². The lowest BCUT2D eigenvalue weighted by Crippen LogP contribution is -2.44. The smallest absolute Gasteiger partial charge is 0.347 e. The number of nitrogens with zero attached hydrogens (tertiary/aromatic N) is 1. The van der Waals surface area contributed by atoms with Crippen LogP contribution in [0.5, 0.6) is 5.75 Å². The van der Waals surface area contributed by atoms with Gasteiger partial charge in [-0.2, -0.15) is 0 Å². The van der Waals surface area contributed by atoms with Crippen molar-refractivity contribution in [3.05, 3.63) is 59.7 Å². The van der Waals surface area contributed by atoms with Crippen LogP contribution in [0.3, 0.4) is 0 Å². The minimum Gasteiger partial charge on any atom is -0.479 e. The lowest BCUT2D eigenvalue weighted by molar-refractivity contribution is -0.154. The Morgan fingerprint density at radius 3 is 2.29 bits per heavy atom. The lowest BCUT2D eigenvalue weighted by atomic mass is 10.2. The lowest BCUT2D eigenvalue weighted by Gasteiger charge is -2.21. The number of hydrazine groups is 1. The van der Waals surface area contributed by atoms with Crippen molar-refractivity contribution < 1.29 is 23.9 Å². The second kappa shape index (κ2) is 11.6. The Bertz CT molecular complexity index is 894. The van der Waals surface area contributed by atoms with Crippen LogP contribution in [0.4, 0.5) is 5.69 Å². The molecule has 0 aliphatic heterocycles. The number of benzene rings is 2. The van der Waals surface area contributed by atoms with Crippen molar-refractivity contribution in [2.75, 3.05) is 24.6 Å². The van der Waals surface area contributed by atoms with Crippen LogP contribution in [-0.4, -0.2) is 43.6 Å². The van der Waals surface area contributed by atoms with Gasteiger partial charge in [0, 0.05) is 24.3 Å². The first-order chi connectivity index (χ1) is 14.8. The maximum atomic E-state index is 12.2. The molecule has 166 valence electrons. The normalized spacial score (nSPS) is 11.2. The molecule has 0 saturated heterocycles. The molecule has 1 atom stereocenters. The van der Waals surface area contributed by atoms with E-state index in [1.54, 1.807) is 24.3 Å². The Kier molecular flexibility index (Phi) is 8.87. The molecule has 8 nitrogen and oxygen atoms in total. The molecular formula is C23H29N3O5. The van der Waals surface area contributed by atoms with Gasteiger partial charge < -0.3 is 14.4 Å². The second-order valence-corrected chi connectivity index (χ2v) is 6.91. The molecule has 0 heterocycles. The second-order valence-electron chi connectivity index (χ2n) is 6.91. The van der Waals surface area contributed by atoms with Crippen molar-refractivity contribution in [3.63, 3.8) is 0 Å². The van der Waals surface area contributed by atoms with E-state index in [4.69, 9.17) is 9.47 Å². The largest absolute Gasteiger partial charge is 0.479 e. The van der Waals surface area contributed by atoms with Crippen LogP contribution in [0.1, 0.15) is 36.7 Å². The number of rotatable bonds is 9. The van der Waals surface area contributed by atoms with Crippen LogP contribution in [-0.2, 0) is 14.3 Å². The summed E-state index contributed by atoms with van der Waals surface area (Å²) in [5, 5.41) is 0. The molecule has 31 heavy (non-hydrogen) atoms. The Hall–Kier alpha value is -3.55. The summed E-state index contributed by atoms with van der Waals surface area (Å²) in [6, 6.07) is 14.3. The first-order valence-electron chi connectivity index (χ1n) is 10.2. The highest BCUT2D eigenvalue weighted by Gasteiger charge is 2.18. The van der Waals surface area contributed by atoms with E-state index < -0.39 is 30.5 Å². The monoisotopic (exact) mass is 427 g/mol. The molecule has 0 bridgehead atoms. The van der Waals surface area contributed by atoms with Crippen molar-refractivity contribution in [2.24, 2.45) is 0 Å². The van der Waals surface area contributed by atoms with E-state index in [1.807, 2.05) is 31.2 Å². The molecule has 2 amide bonds. The maximum absolute atomic E-state index is 12.2. The first-order valence-corrected chi connectivity index (χ1v) is 10.2. The molecule has 0 aromatic heterocycles. The molecule has 2 rings (SSSR count). The minimum absolute atomic E-state index is 0.397. The van der Waals surface area contributed by atoms with E-state index in [0.717, 1.165) is 24.3 Å². The van der Waals surface area contributed by atoms with Gasteiger partial charge in [0.25, 0.3) is 11.8 Å². The van der Waals surface area contributed by atoms with Gasteiger partial charge >= 0.3 is 5.97 Å². The molecule has 0 fully saturated rings. The summed E-state index contributed by atoms with van der Waals surface area (Å²) in [5.74, 6) is -1.28. The SMILES string of the molecule is CCN(CC)c1ccc(C(=O)NNC(=O)COC(=O)[C@@H](C)Oc2cccc(C)c2)cc1. The van der Waals surface area contributed by atoms with Gasteiger partial charge in [0.2, 0.25) is 0 Å².